The number of methoxy groups -OCH3 is 1. The Balaban J connectivity index is 0.000000817. The van der Waals surface area contributed by atoms with Crippen LogP contribution in [0.15, 0.2) is 30.6 Å². The first-order valence-electron chi connectivity index (χ1n) is 8.97. The lowest BCUT2D eigenvalue weighted by atomic mass is 9.97. The largest absolute Gasteiger partial charge is 0.497 e. The van der Waals surface area contributed by atoms with Gasteiger partial charge in [-0.25, -0.2) is 0 Å². The summed E-state index contributed by atoms with van der Waals surface area (Å²) >= 11 is 0. The van der Waals surface area contributed by atoms with E-state index in [1.165, 1.54) is 5.69 Å². The van der Waals surface area contributed by atoms with Gasteiger partial charge in [0, 0.05) is 50.0 Å². The zero-order valence-corrected chi connectivity index (χ0v) is 16.5. The second-order valence-corrected chi connectivity index (χ2v) is 7.12. The van der Waals surface area contributed by atoms with Crippen LogP contribution in [-0.4, -0.2) is 70.1 Å². The third-order valence-corrected chi connectivity index (χ3v) is 4.81. The molecule has 1 aromatic heterocycles. The lowest BCUT2D eigenvalue weighted by Crippen LogP contribution is -2.59. The number of nitrogens with zero attached hydrogens (tertiary/aromatic N) is 5. The van der Waals surface area contributed by atoms with Crippen LogP contribution < -0.4 is 9.64 Å². The summed E-state index contributed by atoms with van der Waals surface area (Å²) in [6.45, 7) is 11.4. The molecule has 0 bridgehead atoms. The quantitative estimate of drug-likeness (QED) is 0.799. The van der Waals surface area contributed by atoms with Crippen molar-refractivity contribution in [2.24, 2.45) is 0 Å². The van der Waals surface area contributed by atoms with Crippen LogP contribution in [0.2, 0.25) is 0 Å². The minimum atomic E-state index is -0.250. The fourth-order valence-electron chi connectivity index (χ4n) is 3.48. The molecular formula is C19H29N5O3. The molecule has 3 rings (SSSR count). The van der Waals surface area contributed by atoms with E-state index >= 15 is 0 Å². The van der Waals surface area contributed by atoms with Crippen LogP contribution in [0.5, 0.6) is 5.75 Å². The van der Waals surface area contributed by atoms with Crippen molar-refractivity contribution < 1.29 is 14.6 Å². The summed E-state index contributed by atoms with van der Waals surface area (Å²) in [4.78, 5) is 13.4. The lowest BCUT2D eigenvalue weighted by Gasteiger charge is -2.48. The summed E-state index contributed by atoms with van der Waals surface area (Å²) in [5.74, 6) is 1.89. The van der Waals surface area contributed by atoms with Gasteiger partial charge in [0.15, 0.2) is 0 Å². The molecule has 1 saturated heterocycles. The molecule has 8 nitrogen and oxygen atoms in total. The molecule has 1 N–H and O–H groups in total. The number of piperazine rings is 1. The van der Waals surface area contributed by atoms with Crippen molar-refractivity contribution in [1.29, 1.82) is 0 Å². The molecule has 0 unspecified atom stereocenters. The Labute approximate surface area is 160 Å². The average Bonchev–Trinajstić information content (AvgIpc) is 3.05. The number of anilines is 1. The van der Waals surface area contributed by atoms with Gasteiger partial charge >= 0.3 is 0 Å². The molecule has 0 radical (unpaired) electrons. The molecule has 1 aromatic carbocycles. The molecule has 1 aliphatic rings. The summed E-state index contributed by atoms with van der Waals surface area (Å²) in [7, 11) is 1.72. The molecule has 0 spiro atoms. The van der Waals surface area contributed by atoms with Crippen LogP contribution in [0.25, 0.3) is 0 Å². The zero-order chi connectivity index (χ0) is 19.9. The van der Waals surface area contributed by atoms with Gasteiger partial charge < -0.3 is 19.3 Å². The number of ether oxygens (including phenoxy) is 1. The number of hydrogen-bond acceptors (Lipinski definition) is 6. The van der Waals surface area contributed by atoms with Gasteiger partial charge in [-0.1, -0.05) is 6.07 Å². The third-order valence-electron chi connectivity index (χ3n) is 4.81. The van der Waals surface area contributed by atoms with Crippen molar-refractivity contribution in [2.45, 2.75) is 32.9 Å². The molecule has 0 amide bonds. The number of aryl methyl sites for hydroxylation is 1. The predicted octanol–water partition coefficient (Wildman–Crippen LogP) is 1.90. The van der Waals surface area contributed by atoms with Crippen LogP contribution in [0.1, 0.15) is 19.7 Å². The van der Waals surface area contributed by atoms with E-state index in [1.807, 2.05) is 19.3 Å². The fraction of sp³-hybridized carbons (Fsp3) is 0.526. The van der Waals surface area contributed by atoms with E-state index in [1.54, 1.807) is 7.11 Å². The van der Waals surface area contributed by atoms with E-state index in [-0.39, 0.29) is 12.0 Å². The van der Waals surface area contributed by atoms with E-state index in [4.69, 9.17) is 14.6 Å². The highest BCUT2D eigenvalue weighted by Gasteiger charge is 2.33. The first kappa shape index (κ1) is 20.7. The highest BCUT2D eigenvalue weighted by atomic mass is 16.5. The molecule has 1 fully saturated rings. The maximum absolute atomic E-state index is 8.36. The van der Waals surface area contributed by atoms with Gasteiger partial charge in [-0.3, -0.25) is 9.69 Å². The van der Waals surface area contributed by atoms with Crippen LogP contribution in [-0.2, 0) is 11.3 Å². The first-order valence-corrected chi connectivity index (χ1v) is 8.97. The molecule has 8 heteroatoms. The third kappa shape index (κ3) is 5.43. The Morgan fingerprint density at radius 2 is 2.04 bits per heavy atom. The van der Waals surface area contributed by atoms with Crippen molar-refractivity contribution in [2.75, 3.05) is 38.2 Å². The van der Waals surface area contributed by atoms with Gasteiger partial charge in [0.2, 0.25) is 0 Å². The van der Waals surface area contributed by atoms with Crippen molar-refractivity contribution in [3.8, 4) is 5.75 Å². The number of carbonyl (C=O) groups is 1. The fourth-order valence-corrected chi connectivity index (χ4v) is 3.48. The summed E-state index contributed by atoms with van der Waals surface area (Å²) in [6.07, 6.45) is 1.81. The minimum Gasteiger partial charge on any atom is -0.497 e. The molecule has 2 aromatic rings. The first-order chi connectivity index (χ1) is 12.9. The number of carboxylic acid groups (broad SMARTS) is 1. The van der Waals surface area contributed by atoms with Crippen LogP contribution in [0.4, 0.5) is 5.69 Å². The maximum Gasteiger partial charge on any atom is 0.290 e. The van der Waals surface area contributed by atoms with Crippen LogP contribution in [0.3, 0.4) is 0 Å². The molecule has 0 atom stereocenters. The Bertz CT molecular complexity index is 732. The average molecular weight is 375 g/mol. The van der Waals surface area contributed by atoms with Crippen molar-refractivity contribution in [3.05, 3.63) is 36.4 Å². The molecule has 1 aliphatic heterocycles. The minimum absolute atomic E-state index is 0.0762. The molecule has 0 saturated carbocycles. The van der Waals surface area contributed by atoms with Crippen LogP contribution >= 0.6 is 0 Å². The van der Waals surface area contributed by atoms with Gasteiger partial charge in [-0.15, -0.1) is 10.2 Å². The SMILES string of the molecule is COc1cccc(N2CCN(CCn3cnnc3C)CC2(C)C)c1.O=CO. The smallest absolute Gasteiger partial charge is 0.290 e. The Morgan fingerprint density at radius 3 is 2.63 bits per heavy atom. The lowest BCUT2D eigenvalue weighted by molar-refractivity contribution is -0.122. The standard InChI is InChI=1S/C18H27N5O.CH2O2/c1-15-20-19-14-22(15)10-8-21-9-11-23(18(2,3)13-21)16-6-5-7-17(12-16)24-4;2-1-3/h5-7,12,14H,8-11,13H2,1-4H3;1H,(H,2,3). The van der Waals surface area contributed by atoms with E-state index in [2.05, 4.69) is 56.6 Å². The number of rotatable bonds is 5. The van der Waals surface area contributed by atoms with Gasteiger partial charge in [-0.05, 0) is 32.9 Å². The van der Waals surface area contributed by atoms with Crippen molar-refractivity contribution >= 4 is 12.2 Å². The second-order valence-electron chi connectivity index (χ2n) is 7.12. The van der Waals surface area contributed by atoms with Gasteiger partial charge in [0.1, 0.15) is 17.9 Å². The molecular weight excluding hydrogens is 346 g/mol. The molecule has 2 heterocycles. The highest BCUT2D eigenvalue weighted by molar-refractivity contribution is 5.53. The maximum atomic E-state index is 8.36. The summed E-state index contributed by atoms with van der Waals surface area (Å²) in [6, 6.07) is 8.35. The number of aromatic nitrogens is 3. The van der Waals surface area contributed by atoms with Crippen molar-refractivity contribution in [3.63, 3.8) is 0 Å². The molecule has 0 aliphatic carbocycles. The second kappa shape index (κ2) is 9.36. The van der Waals surface area contributed by atoms with E-state index < -0.39 is 0 Å². The van der Waals surface area contributed by atoms with Gasteiger partial charge in [0.05, 0.1) is 7.11 Å². The Morgan fingerprint density at radius 1 is 1.30 bits per heavy atom. The van der Waals surface area contributed by atoms with Gasteiger partial charge in [0.25, 0.3) is 6.47 Å². The normalized spacial score (nSPS) is 16.4. The Hall–Kier alpha value is -2.61. The number of hydrogen-bond donors (Lipinski definition) is 1. The molecule has 27 heavy (non-hydrogen) atoms. The van der Waals surface area contributed by atoms with Crippen LogP contribution in [0, 0.1) is 6.92 Å². The van der Waals surface area contributed by atoms with E-state index in [9.17, 15) is 0 Å². The number of benzene rings is 1. The predicted molar refractivity (Wildman–Crippen MR) is 104 cm³/mol. The highest BCUT2D eigenvalue weighted by Crippen LogP contribution is 2.30. The summed E-state index contributed by atoms with van der Waals surface area (Å²) < 4.78 is 7.49. The molecule has 148 valence electrons. The Kier molecular flexibility index (Phi) is 7.18. The van der Waals surface area contributed by atoms with Gasteiger partial charge in [-0.2, -0.15) is 0 Å². The monoisotopic (exact) mass is 375 g/mol. The van der Waals surface area contributed by atoms with Crippen molar-refractivity contribution in [1.82, 2.24) is 19.7 Å². The van der Waals surface area contributed by atoms with E-state index in [0.29, 0.717) is 0 Å². The zero-order valence-electron chi connectivity index (χ0n) is 16.5. The summed E-state index contributed by atoms with van der Waals surface area (Å²) in [5, 5.41) is 14.9. The topological polar surface area (TPSA) is 83.7 Å². The van der Waals surface area contributed by atoms with E-state index in [0.717, 1.165) is 44.3 Å². The summed E-state index contributed by atoms with van der Waals surface area (Å²) in [5.41, 5.74) is 1.31.